The van der Waals surface area contributed by atoms with Crippen molar-refractivity contribution in [2.45, 2.75) is 6.92 Å². The molecule has 4 nitrogen and oxygen atoms in total. The fraction of sp³-hybridized carbons (Fsp3) is 0.0952. The van der Waals surface area contributed by atoms with Gasteiger partial charge in [-0.25, -0.2) is 18.7 Å². The summed E-state index contributed by atoms with van der Waals surface area (Å²) in [5.41, 5.74) is 3.38. The lowest BCUT2D eigenvalue weighted by Crippen LogP contribution is -2.01. The van der Waals surface area contributed by atoms with Crippen molar-refractivity contribution in [1.29, 1.82) is 0 Å². The number of anilines is 1. The van der Waals surface area contributed by atoms with Crippen LogP contribution in [0.4, 0.5) is 14.6 Å². The van der Waals surface area contributed by atoms with Crippen LogP contribution >= 0.6 is 24.8 Å². The first-order valence-electron chi connectivity index (χ1n) is 8.43. The molecule has 0 saturated carbocycles. The Hall–Kier alpha value is -2.83. The molecule has 2 heterocycles. The van der Waals surface area contributed by atoms with Crippen molar-refractivity contribution in [1.82, 2.24) is 15.0 Å². The zero-order valence-electron chi connectivity index (χ0n) is 15.6. The molecule has 8 heteroatoms. The highest BCUT2D eigenvalue weighted by atomic mass is 35.5. The highest BCUT2D eigenvalue weighted by Crippen LogP contribution is 2.34. The summed E-state index contributed by atoms with van der Waals surface area (Å²) in [6, 6.07) is 10.9. The summed E-state index contributed by atoms with van der Waals surface area (Å²) in [5, 5.41) is 3.90. The lowest BCUT2D eigenvalue weighted by atomic mass is 9.96. The van der Waals surface area contributed by atoms with Gasteiger partial charge in [-0.1, -0.05) is 6.07 Å². The zero-order chi connectivity index (χ0) is 19.0. The van der Waals surface area contributed by atoms with Gasteiger partial charge in [-0.05, 0) is 48.4 Å². The Bertz CT molecular complexity index is 1150. The first kappa shape index (κ1) is 22.5. The minimum atomic E-state index is -0.602. The molecule has 0 aliphatic carbocycles. The van der Waals surface area contributed by atoms with Gasteiger partial charge in [-0.3, -0.25) is 4.98 Å². The van der Waals surface area contributed by atoms with E-state index in [-0.39, 0.29) is 24.8 Å². The van der Waals surface area contributed by atoms with E-state index in [4.69, 9.17) is 0 Å². The highest BCUT2D eigenvalue weighted by Gasteiger charge is 2.16. The first-order valence-corrected chi connectivity index (χ1v) is 8.43. The number of nitrogens with one attached hydrogen (secondary N) is 1. The van der Waals surface area contributed by atoms with E-state index in [2.05, 4.69) is 20.3 Å². The lowest BCUT2D eigenvalue weighted by molar-refractivity contribution is 0.585. The van der Waals surface area contributed by atoms with Gasteiger partial charge in [-0.15, -0.1) is 24.8 Å². The Morgan fingerprint density at radius 2 is 1.69 bits per heavy atom. The van der Waals surface area contributed by atoms with Gasteiger partial charge in [0, 0.05) is 42.0 Å². The molecule has 2 aromatic heterocycles. The van der Waals surface area contributed by atoms with E-state index in [1.165, 1.54) is 12.1 Å². The van der Waals surface area contributed by atoms with Gasteiger partial charge in [0.1, 0.15) is 17.5 Å². The fourth-order valence-electron chi connectivity index (χ4n) is 3.20. The van der Waals surface area contributed by atoms with E-state index in [1.54, 1.807) is 25.5 Å². The van der Waals surface area contributed by atoms with E-state index in [0.29, 0.717) is 22.8 Å². The van der Waals surface area contributed by atoms with Gasteiger partial charge in [0.05, 0.1) is 5.52 Å². The Labute approximate surface area is 179 Å². The number of halogens is 4. The molecule has 0 spiro atoms. The molecule has 0 atom stereocenters. The number of pyridine rings is 1. The minimum Gasteiger partial charge on any atom is -0.373 e. The Kier molecular flexibility index (Phi) is 7.06. The maximum atomic E-state index is 14.3. The predicted molar refractivity (Wildman–Crippen MR) is 117 cm³/mol. The molecule has 4 aromatic rings. The Morgan fingerprint density at radius 1 is 0.931 bits per heavy atom. The van der Waals surface area contributed by atoms with Crippen molar-refractivity contribution in [2.75, 3.05) is 12.4 Å². The monoisotopic (exact) mass is 434 g/mol. The summed E-state index contributed by atoms with van der Waals surface area (Å²) >= 11 is 0. The van der Waals surface area contributed by atoms with Gasteiger partial charge in [0.2, 0.25) is 0 Å². The molecule has 150 valence electrons. The van der Waals surface area contributed by atoms with Crippen LogP contribution < -0.4 is 5.32 Å². The van der Waals surface area contributed by atoms with Gasteiger partial charge in [0.25, 0.3) is 0 Å². The third-order valence-corrected chi connectivity index (χ3v) is 4.50. The lowest BCUT2D eigenvalue weighted by Gasteiger charge is -2.14. The molecule has 0 amide bonds. The van der Waals surface area contributed by atoms with Gasteiger partial charge in [0.15, 0.2) is 5.82 Å². The van der Waals surface area contributed by atoms with E-state index in [9.17, 15) is 8.78 Å². The molecule has 4 rings (SSSR count). The van der Waals surface area contributed by atoms with Crippen LogP contribution in [-0.2, 0) is 0 Å². The maximum absolute atomic E-state index is 14.3. The van der Waals surface area contributed by atoms with Crippen LogP contribution in [0.1, 0.15) is 5.56 Å². The summed E-state index contributed by atoms with van der Waals surface area (Å²) in [6.07, 6.45) is 3.40. The van der Waals surface area contributed by atoms with E-state index in [0.717, 1.165) is 28.1 Å². The van der Waals surface area contributed by atoms with Crippen LogP contribution in [0.15, 0.2) is 54.9 Å². The Morgan fingerprint density at radius 3 is 2.34 bits per heavy atom. The third-order valence-electron chi connectivity index (χ3n) is 4.50. The number of fused-ring (bicyclic) bond motifs is 1. The van der Waals surface area contributed by atoms with Crippen molar-refractivity contribution in [3.8, 4) is 22.5 Å². The molecule has 0 aliphatic heterocycles. The second-order valence-corrected chi connectivity index (χ2v) is 6.14. The van der Waals surface area contributed by atoms with Crippen LogP contribution in [0, 0.1) is 18.6 Å². The van der Waals surface area contributed by atoms with Crippen molar-refractivity contribution in [3.63, 3.8) is 0 Å². The molecule has 1 N–H and O–H groups in total. The SMILES string of the molecule is CNc1nc(-c2cccnc2)nc2ccc(-c3ccc(F)cc3F)c(C)c12.Cl.Cl. The van der Waals surface area contributed by atoms with Gasteiger partial charge >= 0.3 is 0 Å². The summed E-state index contributed by atoms with van der Waals surface area (Å²) < 4.78 is 27.6. The average Bonchev–Trinajstić information content (AvgIpc) is 2.69. The van der Waals surface area contributed by atoms with Crippen molar-refractivity contribution in [2.24, 2.45) is 0 Å². The van der Waals surface area contributed by atoms with E-state index >= 15 is 0 Å². The quantitative estimate of drug-likeness (QED) is 0.440. The molecule has 0 saturated heterocycles. The minimum absolute atomic E-state index is 0. The summed E-state index contributed by atoms with van der Waals surface area (Å²) in [6.45, 7) is 1.88. The number of nitrogens with zero attached hydrogens (tertiary/aromatic N) is 3. The van der Waals surface area contributed by atoms with Crippen LogP contribution in [0.3, 0.4) is 0 Å². The molecule has 0 aliphatic rings. The molecule has 0 fully saturated rings. The molecule has 0 bridgehead atoms. The smallest absolute Gasteiger partial charge is 0.163 e. The summed E-state index contributed by atoms with van der Waals surface area (Å²) in [5.74, 6) is -0.00723. The van der Waals surface area contributed by atoms with Crippen LogP contribution in [0.5, 0.6) is 0 Å². The van der Waals surface area contributed by atoms with Crippen molar-refractivity contribution in [3.05, 3.63) is 72.1 Å². The van der Waals surface area contributed by atoms with Crippen molar-refractivity contribution >= 4 is 41.5 Å². The second kappa shape index (κ2) is 9.11. The summed E-state index contributed by atoms with van der Waals surface area (Å²) in [4.78, 5) is 13.4. The van der Waals surface area contributed by atoms with Gasteiger partial charge in [-0.2, -0.15) is 0 Å². The number of hydrogen-bond acceptors (Lipinski definition) is 4. The standard InChI is InChI=1S/C21H16F2N4.2ClH/c1-12-15(16-6-5-14(22)10-17(16)23)7-8-18-19(12)21(24-2)27-20(26-18)13-4-3-9-25-11-13;;/h3-11H,1-2H3,(H,24,26,27);2*1H. The second-order valence-electron chi connectivity index (χ2n) is 6.14. The highest BCUT2D eigenvalue weighted by molar-refractivity contribution is 5.97. The van der Waals surface area contributed by atoms with E-state index < -0.39 is 11.6 Å². The third kappa shape index (κ3) is 4.13. The Balaban J connectivity index is 0.00000150. The average molecular weight is 435 g/mol. The van der Waals surface area contributed by atoms with Crippen LogP contribution in [0.25, 0.3) is 33.4 Å². The molecular weight excluding hydrogens is 417 g/mol. The topological polar surface area (TPSA) is 50.7 Å². The number of aromatic nitrogens is 3. The molecule has 2 aromatic carbocycles. The number of rotatable bonds is 3. The zero-order valence-corrected chi connectivity index (χ0v) is 17.2. The summed E-state index contributed by atoms with van der Waals surface area (Å²) in [7, 11) is 1.78. The largest absolute Gasteiger partial charge is 0.373 e. The van der Waals surface area contributed by atoms with Crippen molar-refractivity contribution < 1.29 is 8.78 Å². The predicted octanol–water partition coefficient (Wildman–Crippen LogP) is 5.83. The van der Waals surface area contributed by atoms with Gasteiger partial charge < -0.3 is 5.32 Å². The maximum Gasteiger partial charge on any atom is 0.163 e. The molecule has 0 unspecified atom stereocenters. The number of aryl methyl sites for hydroxylation is 1. The normalized spacial score (nSPS) is 10.2. The number of benzene rings is 2. The first-order chi connectivity index (χ1) is 13.1. The van der Waals surface area contributed by atoms with E-state index in [1.807, 2.05) is 25.1 Å². The number of hydrogen-bond donors (Lipinski definition) is 1. The van der Waals surface area contributed by atoms with Crippen LogP contribution in [0.2, 0.25) is 0 Å². The van der Waals surface area contributed by atoms with Crippen LogP contribution in [-0.4, -0.2) is 22.0 Å². The molecule has 29 heavy (non-hydrogen) atoms. The molecular formula is C21H18Cl2F2N4. The molecule has 0 radical (unpaired) electrons. The fourth-order valence-corrected chi connectivity index (χ4v) is 3.20.